The molecule has 9 nitrogen and oxygen atoms in total. The number of likely N-dealkylation sites (tertiary alicyclic amines) is 1. The zero-order chi connectivity index (χ0) is 30.4. The van der Waals surface area contributed by atoms with Gasteiger partial charge in [-0.25, -0.2) is 4.98 Å². The number of hydrogen-bond acceptors (Lipinski definition) is 8. The van der Waals surface area contributed by atoms with Crippen LogP contribution in [0.3, 0.4) is 0 Å². The van der Waals surface area contributed by atoms with Gasteiger partial charge >= 0.3 is 0 Å². The molecule has 0 aliphatic carbocycles. The Hall–Kier alpha value is -2.98. The van der Waals surface area contributed by atoms with Gasteiger partial charge in [-0.05, 0) is 74.6 Å². The lowest BCUT2D eigenvalue weighted by Gasteiger charge is -2.32. The van der Waals surface area contributed by atoms with Gasteiger partial charge < -0.3 is 15.4 Å². The lowest BCUT2D eigenvalue weighted by molar-refractivity contribution is -0.119. The molecule has 0 radical (unpaired) electrons. The summed E-state index contributed by atoms with van der Waals surface area (Å²) < 4.78 is 6.31. The number of benzene rings is 1. The third-order valence-corrected chi connectivity index (χ3v) is 7.96. The average Bonchev–Trinajstić information content (AvgIpc) is 2.97. The number of hydrogen-bond donors (Lipinski definition) is 2. The number of unbranched alkanes of at least 4 members (excludes halogenated alkanes) is 1. The molecule has 2 N–H and O–H groups in total. The molecule has 4 rings (SSSR count). The third kappa shape index (κ3) is 11.6. The first-order valence-electron chi connectivity index (χ1n) is 15.2. The Kier molecular flexibility index (Phi) is 13.3. The van der Waals surface area contributed by atoms with Crippen LogP contribution in [0.2, 0.25) is 10.0 Å². The summed E-state index contributed by atoms with van der Waals surface area (Å²) in [5.41, 5.74) is 2.62. The monoisotopic (exact) mass is 627 g/mol. The molecule has 3 heterocycles. The highest BCUT2D eigenvalue weighted by atomic mass is 35.5. The number of pyridine rings is 1. The van der Waals surface area contributed by atoms with E-state index in [1.807, 2.05) is 18.2 Å². The Labute approximate surface area is 265 Å². The summed E-state index contributed by atoms with van der Waals surface area (Å²) in [6.45, 7) is 11.4. The van der Waals surface area contributed by atoms with Gasteiger partial charge in [-0.3, -0.25) is 24.6 Å². The molecule has 2 aliphatic heterocycles. The molecule has 11 heteroatoms. The van der Waals surface area contributed by atoms with Crippen LogP contribution >= 0.6 is 23.2 Å². The zero-order valence-electron chi connectivity index (χ0n) is 25.2. The van der Waals surface area contributed by atoms with E-state index in [0.717, 1.165) is 94.9 Å². The second-order valence-corrected chi connectivity index (χ2v) is 12.0. The van der Waals surface area contributed by atoms with Crippen molar-refractivity contribution in [1.29, 1.82) is 0 Å². The van der Waals surface area contributed by atoms with Crippen LogP contribution in [-0.2, 0) is 11.3 Å². The van der Waals surface area contributed by atoms with Crippen molar-refractivity contribution in [3.63, 3.8) is 0 Å². The van der Waals surface area contributed by atoms with Gasteiger partial charge in [-0.2, -0.15) is 0 Å². The van der Waals surface area contributed by atoms with Gasteiger partial charge in [0.1, 0.15) is 0 Å². The maximum absolute atomic E-state index is 11.3. The van der Waals surface area contributed by atoms with E-state index in [1.54, 1.807) is 31.7 Å². The Balaban J connectivity index is 1.52. The van der Waals surface area contributed by atoms with Gasteiger partial charge in [0.25, 0.3) is 0 Å². The average molecular weight is 629 g/mol. The van der Waals surface area contributed by atoms with Crippen LogP contribution in [0.4, 0.5) is 0 Å². The number of rotatable bonds is 10. The number of carbonyl (C=O) groups is 1. The standard InChI is InChI=1S/C32H43Cl2N7O2/c1-3-4-9-40-12-7-35-20-30(21-37-23-36-8-13-40)43-32-15-26(14-31(39-32)27-16-28(33)18-29(34)17-27)22-41-10-5-25(6-11-41)19-38-24(2)42/h14-18,20-21,23,25H,3-13,19,22H2,1-2H3,(H,36,37)(H,38,42)/b30-21+,35-20?. The quantitative estimate of drug-likeness (QED) is 0.365. The largest absolute Gasteiger partial charge is 0.436 e. The third-order valence-electron chi connectivity index (χ3n) is 7.52. The molecule has 0 atom stereocenters. The van der Waals surface area contributed by atoms with Crippen LogP contribution in [-0.4, -0.2) is 85.6 Å². The summed E-state index contributed by atoms with van der Waals surface area (Å²) in [6, 6.07) is 9.47. The molecule has 1 fully saturated rings. The predicted octanol–water partition coefficient (Wildman–Crippen LogP) is 5.43. The van der Waals surface area contributed by atoms with E-state index < -0.39 is 0 Å². The fourth-order valence-corrected chi connectivity index (χ4v) is 5.69. The van der Waals surface area contributed by atoms with E-state index in [9.17, 15) is 4.79 Å². The van der Waals surface area contributed by atoms with E-state index in [4.69, 9.17) is 32.9 Å². The van der Waals surface area contributed by atoms with Crippen LogP contribution < -0.4 is 15.4 Å². The van der Waals surface area contributed by atoms with Gasteiger partial charge in [-0.1, -0.05) is 36.5 Å². The smallest absolute Gasteiger partial charge is 0.220 e. The van der Waals surface area contributed by atoms with Crippen molar-refractivity contribution in [1.82, 2.24) is 25.4 Å². The van der Waals surface area contributed by atoms with Gasteiger partial charge in [0.2, 0.25) is 11.8 Å². The fraction of sp³-hybridized carbons (Fsp3) is 0.500. The number of allylic oxidation sites excluding steroid dienone is 1. The van der Waals surface area contributed by atoms with Crippen molar-refractivity contribution in [2.75, 3.05) is 52.4 Å². The lowest BCUT2D eigenvalue weighted by atomic mass is 9.96. The van der Waals surface area contributed by atoms with Crippen LogP contribution in [0, 0.1) is 5.92 Å². The first-order chi connectivity index (χ1) is 20.9. The van der Waals surface area contributed by atoms with Crippen LogP contribution in [0.15, 0.2) is 52.3 Å². The van der Waals surface area contributed by atoms with E-state index in [0.29, 0.717) is 34.1 Å². The number of piperidine rings is 1. The van der Waals surface area contributed by atoms with Crippen LogP contribution in [0.25, 0.3) is 11.3 Å². The second-order valence-electron chi connectivity index (χ2n) is 11.1. The zero-order valence-corrected chi connectivity index (χ0v) is 26.7. The summed E-state index contributed by atoms with van der Waals surface area (Å²) in [5, 5.41) is 7.16. The van der Waals surface area contributed by atoms with Crippen LogP contribution in [0.1, 0.15) is 45.1 Å². The molecule has 0 spiro atoms. The fourth-order valence-electron chi connectivity index (χ4n) is 5.17. The number of ether oxygens (including phenoxy) is 1. The Morgan fingerprint density at radius 2 is 1.77 bits per heavy atom. The Morgan fingerprint density at radius 1 is 1.02 bits per heavy atom. The van der Waals surface area contributed by atoms with Gasteiger partial charge in [-0.15, -0.1) is 0 Å². The highest BCUT2D eigenvalue weighted by Gasteiger charge is 2.20. The molecular formula is C32H43Cl2N7O2. The van der Waals surface area contributed by atoms with Gasteiger partial charge in [0.15, 0.2) is 5.76 Å². The number of aliphatic imine (C=N–C) groups is 2. The normalized spacial score (nSPS) is 18.7. The number of carbonyl (C=O) groups excluding carboxylic acids is 1. The molecule has 1 aromatic heterocycles. The minimum Gasteiger partial charge on any atom is -0.436 e. The molecule has 2 aromatic rings. The Morgan fingerprint density at radius 3 is 2.49 bits per heavy atom. The molecule has 2 aliphatic rings. The minimum atomic E-state index is 0.0264. The maximum atomic E-state index is 11.3. The first kappa shape index (κ1) is 32.9. The highest BCUT2D eigenvalue weighted by molar-refractivity contribution is 6.35. The summed E-state index contributed by atoms with van der Waals surface area (Å²) in [4.78, 5) is 30.1. The molecular weight excluding hydrogens is 585 g/mol. The summed E-state index contributed by atoms with van der Waals surface area (Å²) in [7, 11) is 0. The summed E-state index contributed by atoms with van der Waals surface area (Å²) >= 11 is 12.7. The van der Waals surface area contributed by atoms with E-state index >= 15 is 0 Å². The summed E-state index contributed by atoms with van der Waals surface area (Å²) in [6.07, 6.45) is 9.58. The van der Waals surface area contributed by atoms with Crippen molar-refractivity contribution in [3.05, 3.63) is 57.9 Å². The number of nitrogens with one attached hydrogen (secondary N) is 2. The SMILES string of the molecule is CCCCN1CCN=CN/C=C(/Oc2cc(CN3CCC(CNC(C)=O)CC3)cc(-c3cc(Cl)cc(Cl)c3)n2)C=NCC1. The van der Waals surface area contributed by atoms with Gasteiger partial charge in [0.05, 0.1) is 31.3 Å². The summed E-state index contributed by atoms with van der Waals surface area (Å²) in [5.74, 6) is 1.52. The highest BCUT2D eigenvalue weighted by Crippen LogP contribution is 2.30. The number of amides is 1. The molecule has 232 valence electrons. The second kappa shape index (κ2) is 17.3. The van der Waals surface area contributed by atoms with E-state index in [1.165, 1.54) is 0 Å². The van der Waals surface area contributed by atoms with Gasteiger partial charge in [0, 0.05) is 61.0 Å². The topological polar surface area (TPSA) is 94.5 Å². The number of nitrogens with zero attached hydrogens (tertiary/aromatic N) is 5. The van der Waals surface area contributed by atoms with E-state index in [2.05, 4.69) is 43.4 Å². The Bertz CT molecular complexity index is 1270. The lowest BCUT2D eigenvalue weighted by Crippen LogP contribution is -2.37. The predicted molar refractivity (Wildman–Crippen MR) is 176 cm³/mol. The molecule has 1 saturated heterocycles. The molecule has 43 heavy (non-hydrogen) atoms. The molecule has 1 amide bonds. The van der Waals surface area contributed by atoms with Crippen molar-refractivity contribution >= 4 is 41.7 Å². The van der Waals surface area contributed by atoms with Crippen LogP contribution in [0.5, 0.6) is 5.88 Å². The number of halogens is 2. The molecule has 0 saturated carbocycles. The molecule has 1 aromatic carbocycles. The first-order valence-corrected chi connectivity index (χ1v) is 15.9. The van der Waals surface area contributed by atoms with Crippen molar-refractivity contribution in [2.24, 2.45) is 15.9 Å². The van der Waals surface area contributed by atoms with Crippen molar-refractivity contribution in [2.45, 2.75) is 46.1 Å². The maximum Gasteiger partial charge on any atom is 0.220 e. The van der Waals surface area contributed by atoms with Crippen molar-refractivity contribution < 1.29 is 9.53 Å². The van der Waals surface area contributed by atoms with Crippen molar-refractivity contribution in [3.8, 4) is 17.1 Å². The molecule has 0 unspecified atom stereocenters. The minimum absolute atomic E-state index is 0.0264. The molecule has 0 bridgehead atoms. The van der Waals surface area contributed by atoms with E-state index in [-0.39, 0.29) is 5.91 Å². The number of aromatic nitrogens is 1.